The molecule has 0 saturated carbocycles. The molecule has 3 aromatic heterocycles. The van der Waals surface area contributed by atoms with Gasteiger partial charge in [-0.15, -0.1) is 16.4 Å². The molecule has 6 nitrogen and oxygen atoms in total. The van der Waals surface area contributed by atoms with Crippen molar-refractivity contribution in [1.29, 1.82) is 0 Å². The van der Waals surface area contributed by atoms with Crippen LogP contribution in [0.15, 0.2) is 17.8 Å². The lowest BCUT2D eigenvalue weighted by atomic mass is 10.3. The number of nitrogens with zero attached hydrogens (tertiary/aromatic N) is 6. The fraction of sp³-hybridized carbons (Fsp3) is 0.417. The van der Waals surface area contributed by atoms with Crippen molar-refractivity contribution < 1.29 is 0 Å². The zero-order valence-electron chi connectivity index (χ0n) is 11.1. The molecular weight excluding hydrogens is 292 g/mol. The van der Waals surface area contributed by atoms with Crippen LogP contribution in [0.4, 0.5) is 10.3 Å². The van der Waals surface area contributed by atoms with E-state index in [-0.39, 0.29) is 0 Å². The first-order chi connectivity index (χ1) is 9.79. The van der Waals surface area contributed by atoms with Crippen LogP contribution in [0.2, 0.25) is 0 Å². The SMILES string of the molecule is Cc1cn2nc(N3CCN(c4nccs4)CC3)sc2n1. The Hall–Kier alpha value is -1.67. The largest absolute Gasteiger partial charge is 0.345 e. The van der Waals surface area contributed by atoms with Crippen LogP contribution in [-0.4, -0.2) is 45.8 Å². The number of aryl methyl sites for hydroxylation is 1. The second kappa shape index (κ2) is 4.71. The Kier molecular flexibility index (Phi) is 2.85. The summed E-state index contributed by atoms with van der Waals surface area (Å²) >= 11 is 3.36. The molecule has 0 atom stereocenters. The van der Waals surface area contributed by atoms with Gasteiger partial charge in [0, 0.05) is 37.8 Å². The fourth-order valence-electron chi connectivity index (χ4n) is 2.39. The Balaban J connectivity index is 1.49. The summed E-state index contributed by atoms with van der Waals surface area (Å²) in [6.45, 7) is 5.95. The lowest BCUT2D eigenvalue weighted by Gasteiger charge is -2.34. The first-order valence-electron chi connectivity index (χ1n) is 6.52. The van der Waals surface area contributed by atoms with Gasteiger partial charge in [-0.25, -0.2) is 14.5 Å². The number of piperazine rings is 1. The molecule has 8 heteroatoms. The fourth-order valence-corrected chi connectivity index (χ4v) is 4.06. The normalized spacial score (nSPS) is 16.2. The van der Waals surface area contributed by atoms with Crippen LogP contribution in [-0.2, 0) is 0 Å². The topological polar surface area (TPSA) is 49.6 Å². The van der Waals surface area contributed by atoms with Gasteiger partial charge in [0.25, 0.3) is 0 Å². The summed E-state index contributed by atoms with van der Waals surface area (Å²) in [6.07, 6.45) is 3.84. The lowest BCUT2D eigenvalue weighted by molar-refractivity contribution is 0.646. The molecule has 4 heterocycles. The Morgan fingerprint density at radius 2 is 1.85 bits per heavy atom. The van der Waals surface area contributed by atoms with Crippen LogP contribution < -0.4 is 9.80 Å². The van der Waals surface area contributed by atoms with Crippen molar-refractivity contribution in [3.8, 4) is 0 Å². The molecule has 0 aliphatic carbocycles. The molecule has 0 radical (unpaired) electrons. The molecule has 104 valence electrons. The summed E-state index contributed by atoms with van der Waals surface area (Å²) in [5.74, 6) is 0. The third kappa shape index (κ3) is 2.04. The van der Waals surface area contributed by atoms with Gasteiger partial charge in [-0.2, -0.15) is 0 Å². The minimum absolute atomic E-state index is 0.972. The zero-order valence-corrected chi connectivity index (χ0v) is 12.7. The van der Waals surface area contributed by atoms with Crippen molar-refractivity contribution in [1.82, 2.24) is 19.6 Å². The van der Waals surface area contributed by atoms with E-state index in [1.807, 2.05) is 29.2 Å². The monoisotopic (exact) mass is 306 g/mol. The molecule has 0 unspecified atom stereocenters. The standard InChI is InChI=1S/C12H14N6S2/c1-9-8-18-11(14-9)20-12(15-18)17-5-3-16(4-6-17)10-13-2-7-19-10/h2,7-8H,3-6H2,1H3. The molecule has 1 aliphatic rings. The van der Waals surface area contributed by atoms with Gasteiger partial charge in [0.2, 0.25) is 10.1 Å². The van der Waals surface area contributed by atoms with Gasteiger partial charge in [0.05, 0.1) is 11.9 Å². The molecule has 0 N–H and O–H groups in total. The zero-order chi connectivity index (χ0) is 13.5. The number of hydrogen-bond acceptors (Lipinski definition) is 7. The van der Waals surface area contributed by atoms with E-state index >= 15 is 0 Å². The smallest absolute Gasteiger partial charge is 0.214 e. The number of aromatic nitrogens is 4. The van der Waals surface area contributed by atoms with Crippen LogP contribution in [0.1, 0.15) is 5.69 Å². The summed E-state index contributed by atoms with van der Waals surface area (Å²) in [5, 5.41) is 8.82. The molecule has 4 rings (SSSR count). The summed E-state index contributed by atoms with van der Waals surface area (Å²) in [4.78, 5) is 14.5. The average Bonchev–Trinajstić information content (AvgIpc) is 3.13. The molecule has 1 fully saturated rings. The molecule has 1 aliphatic heterocycles. The van der Waals surface area contributed by atoms with E-state index in [1.54, 1.807) is 22.7 Å². The first kappa shape index (κ1) is 12.1. The van der Waals surface area contributed by atoms with E-state index in [1.165, 1.54) is 0 Å². The lowest BCUT2D eigenvalue weighted by Crippen LogP contribution is -2.46. The number of imidazole rings is 1. The molecule has 1 saturated heterocycles. The van der Waals surface area contributed by atoms with Gasteiger partial charge in [0.15, 0.2) is 5.13 Å². The Morgan fingerprint density at radius 1 is 1.10 bits per heavy atom. The number of rotatable bonds is 2. The number of hydrogen-bond donors (Lipinski definition) is 0. The third-order valence-electron chi connectivity index (χ3n) is 3.39. The molecule has 3 aromatic rings. The van der Waals surface area contributed by atoms with Gasteiger partial charge < -0.3 is 9.80 Å². The summed E-state index contributed by atoms with van der Waals surface area (Å²) in [7, 11) is 0. The van der Waals surface area contributed by atoms with Crippen molar-refractivity contribution in [2.45, 2.75) is 6.92 Å². The Morgan fingerprint density at radius 3 is 2.50 bits per heavy atom. The number of fused-ring (bicyclic) bond motifs is 1. The molecule has 20 heavy (non-hydrogen) atoms. The minimum atomic E-state index is 0.972. The second-order valence-corrected chi connectivity index (χ2v) is 6.59. The molecule has 0 bridgehead atoms. The maximum atomic E-state index is 4.61. The highest BCUT2D eigenvalue weighted by molar-refractivity contribution is 7.20. The molecular formula is C12H14N6S2. The number of anilines is 2. The van der Waals surface area contributed by atoms with Crippen molar-refractivity contribution >= 4 is 37.9 Å². The minimum Gasteiger partial charge on any atom is -0.345 e. The van der Waals surface area contributed by atoms with Crippen molar-refractivity contribution in [3.05, 3.63) is 23.5 Å². The molecule has 0 amide bonds. The van der Waals surface area contributed by atoms with E-state index in [4.69, 9.17) is 0 Å². The van der Waals surface area contributed by atoms with Gasteiger partial charge in [0.1, 0.15) is 0 Å². The van der Waals surface area contributed by atoms with Crippen LogP contribution in [0.25, 0.3) is 4.96 Å². The predicted molar refractivity (Wildman–Crippen MR) is 82.1 cm³/mol. The van der Waals surface area contributed by atoms with Crippen molar-refractivity contribution in [2.24, 2.45) is 0 Å². The van der Waals surface area contributed by atoms with Gasteiger partial charge >= 0.3 is 0 Å². The van der Waals surface area contributed by atoms with Crippen molar-refractivity contribution in [3.63, 3.8) is 0 Å². The second-order valence-electron chi connectivity index (χ2n) is 4.78. The van der Waals surface area contributed by atoms with Crippen LogP contribution >= 0.6 is 22.7 Å². The van der Waals surface area contributed by atoms with E-state index in [0.29, 0.717) is 0 Å². The highest BCUT2D eigenvalue weighted by Gasteiger charge is 2.21. The summed E-state index contributed by atoms with van der Waals surface area (Å²) < 4.78 is 1.88. The molecule has 0 aromatic carbocycles. The Labute approximate surface area is 124 Å². The maximum absolute atomic E-state index is 4.61. The van der Waals surface area contributed by atoms with Gasteiger partial charge in [-0.05, 0) is 6.92 Å². The van der Waals surface area contributed by atoms with Crippen LogP contribution in [0, 0.1) is 6.92 Å². The Bertz CT molecular complexity index is 676. The number of thiazole rings is 1. The third-order valence-corrected chi connectivity index (χ3v) is 5.21. The molecule has 0 spiro atoms. The predicted octanol–water partition coefficient (Wildman–Crippen LogP) is 1.88. The van der Waals surface area contributed by atoms with Crippen LogP contribution in [0.5, 0.6) is 0 Å². The van der Waals surface area contributed by atoms with E-state index in [2.05, 4.69) is 24.9 Å². The average molecular weight is 306 g/mol. The van der Waals surface area contributed by atoms with Gasteiger partial charge in [-0.1, -0.05) is 11.3 Å². The van der Waals surface area contributed by atoms with E-state index in [0.717, 1.165) is 47.1 Å². The van der Waals surface area contributed by atoms with Crippen LogP contribution in [0.3, 0.4) is 0 Å². The highest BCUT2D eigenvalue weighted by atomic mass is 32.1. The first-order valence-corrected chi connectivity index (χ1v) is 8.21. The summed E-state index contributed by atoms with van der Waals surface area (Å²) in [6, 6.07) is 0. The van der Waals surface area contributed by atoms with Crippen molar-refractivity contribution in [2.75, 3.05) is 36.0 Å². The van der Waals surface area contributed by atoms with E-state index in [9.17, 15) is 0 Å². The quantitative estimate of drug-likeness (QED) is 0.723. The maximum Gasteiger partial charge on any atom is 0.214 e. The van der Waals surface area contributed by atoms with E-state index < -0.39 is 0 Å². The summed E-state index contributed by atoms with van der Waals surface area (Å²) in [5.41, 5.74) is 1.02. The highest BCUT2D eigenvalue weighted by Crippen LogP contribution is 2.26. The van der Waals surface area contributed by atoms with Gasteiger partial charge in [-0.3, -0.25) is 0 Å².